The Balaban J connectivity index is 1.93. The maximum Gasteiger partial charge on any atom is 0.220 e. The van der Waals surface area contributed by atoms with Crippen LogP contribution in [0.1, 0.15) is 62.1 Å². The molecule has 0 aliphatic rings. The molecule has 1 aromatic heterocycles. The van der Waals surface area contributed by atoms with Gasteiger partial charge >= 0.3 is 0 Å². The average Bonchev–Trinajstić information content (AvgIpc) is 3.09. The van der Waals surface area contributed by atoms with Gasteiger partial charge in [-0.05, 0) is 37.5 Å². The van der Waals surface area contributed by atoms with E-state index in [-0.39, 0.29) is 11.8 Å². The molecule has 1 N–H and O–H groups in total. The first-order chi connectivity index (χ1) is 13.6. The van der Waals surface area contributed by atoms with Crippen molar-refractivity contribution in [3.05, 3.63) is 71.4 Å². The van der Waals surface area contributed by atoms with Crippen LogP contribution in [0.25, 0.3) is 10.9 Å². The SMILES string of the molecule is CCCCCNC(=O)C[C@H](c1ccc(C)cc1)c1cn(CC)c2ccccc12. The summed E-state index contributed by atoms with van der Waals surface area (Å²) in [6.07, 6.45) is 6.09. The predicted molar refractivity (Wildman–Crippen MR) is 118 cm³/mol. The lowest BCUT2D eigenvalue weighted by Crippen LogP contribution is -2.26. The summed E-state index contributed by atoms with van der Waals surface area (Å²) < 4.78 is 2.28. The third-order valence-electron chi connectivity index (χ3n) is 5.51. The van der Waals surface area contributed by atoms with E-state index in [2.05, 4.69) is 85.4 Å². The Morgan fingerprint density at radius 2 is 1.79 bits per heavy atom. The third kappa shape index (κ3) is 4.64. The number of hydrogen-bond acceptors (Lipinski definition) is 1. The minimum absolute atomic E-state index is 0.0597. The van der Waals surface area contributed by atoms with E-state index in [4.69, 9.17) is 0 Å². The molecule has 0 spiro atoms. The number of nitrogens with one attached hydrogen (secondary N) is 1. The van der Waals surface area contributed by atoms with Crippen molar-refractivity contribution in [2.75, 3.05) is 6.54 Å². The number of amides is 1. The Hall–Kier alpha value is -2.55. The fourth-order valence-electron chi connectivity index (χ4n) is 3.88. The molecule has 0 bridgehead atoms. The summed E-state index contributed by atoms with van der Waals surface area (Å²) in [7, 11) is 0. The van der Waals surface area contributed by atoms with Crippen molar-refractivity contribution in [3.63, 3.8) is 0 Å². The molecule has 3 nitrogen and oxygen atoms in total. The Morgan fingerprint density at radius 1 is 1.04 bits per heavy atom. The number of rotatable bonds is 9. The smallest absolute Gasteiger partial charge is 0.220 e. The van der Waals surface area contributed by atoms with Crippen molar-refractivity contribution >= 4 is 16.8 Å². The van der Waals surface area contributed by atoms with Gasteiger partial charge in [-0.15, -0.1) is 0 Å². The number of carbonyl (C=O) groups excluding carboxylic acids is 1. The fraction of sp³-hybridized carbons (Fsp3) is 0.400. The number of carbonyl (C=O) groups is 1. The molecule has 1 atom stereocenters. The van der Waals surface area contributed by atoms with E-state index >= 15 is 0 Å². The molecule has 0 aliphatic carbocycles. The highest BCUT2D eigenvalue weighted by Crippen LogP contribution is 2.35. The second-order valence-electron chi connectivity index (χ2n) is 7.61. The van der Waals surface area contributed by atoms with E-state index in [1.807, 2.05) is 0 Å². The van der Waals surface area contributed by atoms with Gasteiger partial charge in [0.05, 0.1) is 0 Å². The van der Waals surface area contributed by atoms with Gasteiger partial charge in [-0.25, -0.2) is 0 Å². The van der Waals surface area contributed by atoms with Gasteiger partial charge in [0.2, 0.25) is 5.91 Å². The molecule has 2 aromatic carbocycles. The van der Waals surface area contributed by atoms with Gasteiger partial charge in [-0.2, -0.15) is 0 Å². The topological polar surface area (TPSA) is 34.0 Å². The minimum Gasteiger partial charge on any atom is -0.356 e. The van der Waals surface area contributed by atoms with Crippen LogP contribution in [0, 0.1) is 6.92 Å². The maximum atomic E-state index is 12.7. The predicted octanol–water partition coefficient (Wildman–Crippen LogP) is 5.80. The molecular weight excluding hydrogens is 344 g/mol. The quantitative estimate of drug-likeness (QED) is 0.471. The Kier molecular flexibility index (Phi) is 6.91. The van der Waals surface area contributed by atoms with Crippen molar-refractivity contribution in [2.45, 2.75) is 58.9 Å². The van der Waals surface area contributed by atoms with Crippen molar-refractivity contribution in [2.24, 2.45) is 0 Å². The second-order valence-corrected chi connectivity index (χ2v) is 7.61. The average molecular weight is 377 g/mol. The lowest BCUT2D eigenvalue weighted by molar-refractivity contribution is -0.121. The zero-order valence-corrected chi connectivity index (χ0v) is 17.4. The van der Waals surface area contributed by atoms with Crippen LogP contribution in [-0.2, 0) is 11.3 Å². The molecule has 3 aromatic rings. The molecular formula is C25H32N2O. The number of nitrogens with zero attached hydrogens (tertiary/aromatic N) is 1. The van der Waals surface area contributed by atoms with Gasteiger partial charge in [0, 0.05) is 42.5 Å². The van der Waals surface area contributed by atoms with Gasteiger partial charge < -0.3 is 9.88 Å². The summed E-state index contributed by atoms with van der Waals surface area (Å²) >= 11 is 0. The van der Waals surface area contributed by atoms with E-state index in [0.29, 0.717) is 6.42 Å². The van der Waals surface area contributed by atoms with E-state index in [0.717, 1.165) is 25.9 Å². The molecule has 3 heteroatoms. The molecule has 0 fully saturated rings. The minimum atomic E-state index is 0.0597. The number of benzene rings is 2. The highest BCUT2D eigenvalue weighted by Gasteiger charge is 2.22. The van der Waals surface area contributed by atoms with Crippen LogP contribution in [0.3, 0.4) is 0 Å². The standard InChI is InChI=1S/C25H32N2O/c1-4-6-9-16-26-25(28)17-22(20-14-12-19(3)13-15-20)23-18-27(5-2)24-11-8-7-10-21(23)24/h7-8,10-15,18,22H,4-6,9,16-17H2,1-3H3,(H,26,28)/t22-/m1/s1. The summed E-state index contributed by atoms with van der Waals surface area (Å²) in [5.41, 5.74) is 4.92. The summed E-state index contributed by atoms with van der Waals surface area (Å²) in [5.74, 6) is 0.194. The first-order valence-electron chi connectivity index (χ1n) is 10.5. The fourth-order valence-corrected chi connectivity index (χ4v) is 3.88. The summed E-state index contributed by atoms with van der Waals surface area (Å²) in [6.45, 7) is 8.13. The lowest BCUT2D eigenvalue weighted by atomic mass is 9.87. The lowest BCUT2D eigenvalue weighted by Gasteiger charge is -2.17. The molecule has 1 heterocycles. The van der Waals surface area contributed by atoms with Crippen LogP contribution in [0.15, 0.2) is 54.7 Å². The monoisotopic (exact) mass is 376 g/mol. The summed E-state index contributed by atoms with van der Waals surface area (Å²) in [4.78, 5) is 12.7. The number of unbranched alkanes of at least 4 members (excludes halogenated alkanes) is 2. The second kappa shape index (κ2) is 9.59. The largest absolute Gasteiger partial charge is 0.356 e. The molecule has 3 rings (SSSR count). The van der Waals surface area contributed by atoms with Crippen LogP contribution in [-0.4, -0.2) is 17.0 Å². The number of hydrogen-bond donors (Lipinski definition) is 1. The van der Waals surface area contributed by atoms with Crippen molar-refractivity contribution in [3.8, 4) is 0 Å². The molecule has 1 amide bonds. The molecule has 0 radical (unpaired) electrons. The van der Waals surface area contributed by atoms with Gasteiger partial charge in [0.25, 0.3) is 0 Å². The summed E-state index contributed by atoms with van der Waals surface area (Å²) in [5, 5.41) is 4.37. The molecule has 0 saturated carbocycles. The molecule has 0 saturated heterocycles. The van der Waals surface area contributed by atoms with Gasteiger partial charge in [-0.1, -0.05) is 67.8 Å². The maximum absolute atomic E-state index is 12.7. The van der Waals surface area contributed by atoms with Gasteiger partial charge in [-0.3, -0.25) is 4.79 Å². The van der Waals surface area contributed by atoms with E-state index in [1.165, 1.54) is 34.0 Å². The molecule has 0 aliphatic heterocycles. The first kappa shape index (κ1) is 20.2. The summed E-state index contributed by atoms with van der Waals surface area (Å²) in [6, 6.07) is 17.1. The van der Waals surface area contributed by atoms with Gasteiger partial charge in [0.1, 0.15) is 0 Å². The van der Waals surface area contributed by atoms with Crippen LogP contribution in [0.4, 0.5) is 0 Å². The molecule has 28 heavy (non-hydrogen) atoms. The zero-order chi connectivity index (χ0) is 19.9. The third-order valence-corrected chi connectivity index (χ3v) is 5.51. The Labute approximate surface area is 168 Å². The van der Waals surface area contributed by atoms with Crippen molar-refractivity contribution in [1.29, 1.82) is 0 Å². The van der Waals surface area contributed by atoms with Crippen LogP contribution in [0.5, 0.6) is 0 Å². The number of fused-ring (bicyclic) bond motifs is 1. The number of para-hydroxylation sites is 1. The number of aromatic nitrogens is 1. The van der Waals surface area contributed by atoms with E-state index in [9.17, 15) is 4.79 Å². The van der Waals surface area contributed by atoms with Crippen LogP contribution in [0.2, 0.25) is 0 Å². The van der Waals surface area contributed by atoms with E-state index in [1.54, 1.807) is 0 Å². The Bertz CT molecular complexity index is 908. The Morgan fingerprint density at radius 3 is 2.50 bits per heavy atom. The van der Waals surface area contributed by atoms with Crippen LogP contribution >= 0.6 is 0 Å². The van der Waals surface area contributed by atoms with Gasteiger partial charge in [0.15, 0.2) is 0 Å². The highest BCUT2D eigenvalue weighted by atomic mass is 16.1. The number of aryl methyl sites for hydroxylation is 2. The van der Waals surface area contributed by atoms with Crippen LogP contribution < -0.4 is 5.32 Å². The molecule has 148 valence electrons. The zero-order valence-electron chi connectivity index (χ0n) is 17.4. The first-order valence-corrected chi connectivity index (χ1v) is 10.5. The van der Waals surface area contributed by atoms with Crippen molar-refractivity contribution in [1.82, 2.24) is 9.88 Å². The highest BCUT2D eigenvalue weighted by molar-refractivity contribution is 5.86. The normalized spacial score (nSPS) is 12.2. The van der Waals surface area contributed by atoms with E-state index < -0.39 is 0 Å². The van der Waals surface area contributed by atoms with Crippen molar-refractivity contribution < 1.29 is 4.79 Å². The molecule has 0 unspecified atom stereocenters.